The molecule has 2 N–H and O–H groups in total. The van der Waals surface area contributed by atoms with Crippen LogP contribution >= 0.6 is 12.2 Å². The average Bonchev–Trinajstić information content (AvgIpc) is 2.88. The second-order valence-electron chi connectivity index (χ2n) is 4.73. The minimum absolute atomic E-state index is 0.0411. The third-order valence-corrected chi connectivity index (χ3v) is 3.76. The fraction of sp³-hybridized carbons (Fsp3) is 0.667. The van der Waals surface area contributed by atoms with Crippen molar-refractivity contribution in [2.45, 2.75) is 19.1 Å². The van der Waals surface area contributed by atoms with Crippen molar-refractivity contribution in [2.24, 2.45) is 12.8 Å². The molecule has 2 heterocycles. The molecule has 0 aliphatic carbocycles. The molecule has 106 valence electrons. The first-order valence-corrected chi connectivity index (χ1v) is 6.54. The smallest absolute Gasteiger partial charge is 0.137 e. The zero-order chi connectivity index (χ0) is 14.2. The molecule has 0 radical (unpaired) electrons. The maximum atomic E-state index is 5.82. The maximum absolute atomic E-state index is 5.82. The van der Waals surface area contributed by atoms with Crippen molar-refractivity contribution in [2.75, 3.05) is 32.2 Å². The first-order chi connectivity index (χ1) is 8.99. The number of anilines is 1. The van der Waals surface area contributed by atoms with E-state index in [1.54, 1.807) is 14.2 Å². The average molecular weight is 284 g/mol. The highest BCUT2D eigenvalue weighted by Crippen LogP contribution is 2.28. The molecule has 2 unspecified atom stereocenters. The van der Waals surface area contributed by atoms with Gasteiger partial charge in [-0.1, -0.05) is 12.2 Å². The topological polar surface area (TPSA) is 65.5 Å². The molecule has 1 aliphatic rings. The minimum atomic E-state index is 0.0411. The van der Waals surface area contributed by atoms with Gasteiger partial charge >= 0.3 is 0 Å². The lowest BCUT2D eigenvalue weighted by Gasteiger charge is -2.19. The van der Waals surface area contributed by atoms with E-state index in [9.17, 15) is 0 Å². The van der Waals surface area contributed by atoms with Gasteiger partial charge in [0, 0.05) is 34.4 Å². The molecule has 0 amide bonds. The summed E-state index contributed by atoms with van der Waals surface area (Å²) in [5.41, 5.74) is 7.50. The molecule has 1 aliphatic heterocycles. The number of nitrogens with two attached hydrogens (primary N) is 1. The molecular weight excluding hydrogens is 264 g/mol. The van der Waals surface area contributed by atoms with E-state index >= 15 is 0 Å². The highest BCUT2D eigenvalue weighted by molar-refractivity contribution is 7.80. The van der Waals surface area contributed by atoms with Gasteiger partial charge in [0.2, 0.25) is 0 Å². The Morgan fingerprint density at radius 2 is 1.84 bits per heavy atom. The Labute approximate surface area is 118 Å². The molecule has 2 rings (SSSR count). The first-order valence-electron chi connectivity index (χ1n) is 6.13. The number of nitrogens with zero attached hydrogens (tertiary/aromatic N) is 3. The largest absolute Gasteiger partial charge is 0.389 e. The van der Waals surface area contributed by atoms with E-state index in [0.29, 0.717) is 4.99 Å². The molecule has 0 spiro atoms. The van der Waals surface area contributed by atoms with Gasteiger partial charge in [-0.15, -0.1) is 0 Å². The standard InChI is InChI=1S/C12H20N4O2S/c1-7-10(11(13)19)12(15(2)14-7)16-5-8(17-3)9(6-16)18-4/h8-9H,5-6H2,1-4H3,(H2,13,19). The van der Waals surface area contributed by atoms with Crippen molar-refractivity contribution in [1.82, 2.24) is 9.78 Å². The molecule has 1 fully saturated rings. The zero-order valence-electron chi connectivity index (χ0n) is 11.7. The van der Waals surface area contributed by atoms with E-state index in [-0.39, 0.29) is 12.2 Å². The molecule has 0 bridgehead atoms. The quantitative estimate of drug-likeness (QED) is 0.798. The van der Waals surface area contributed by atoms with Crippen molar-refractivity contribution in [3.63, 3.8) is 0 Å². The predicted molar refractivity (Wildman–Crippen MR) is 77.6 cm³/mol. The highest BCUT2D eigenvalue weighted by Gasteiger charge is 2.36. The first kappa shape index (κ1) is 14.2. The highest BCUT2D eigenvalue weighted by atomic mass is 32.1. The number of thiocarbonyl (C=S) groups is 1. The lowest BCUT2D eigenvalue weighted by atomic mass is 10.2. The predicted octanol–water partition coefficient (Wildman–Crippen LogP) is 0.213. The van der Waals surface area contributed by atoms with Crippen LogP contribution < -0.4 is 10.6 Å². The number of hydrogen-bond donors (Lipinski definition) is 1. The van der Waals surface area contributed by atoms with Gasteiger partial charge in [0.15, 0.2) is 0 Å². The van der Waals surface area contributed by atoms with Gasteiger partial charge < -0.3 is 20.1 Å². The summed E-state index contributed by atoms with van der Waals surface area (Å²) < 4.78 is 12.7. The Balaban J connectivity index is 2.36. The van der Waals surface area contributed by atoms with Crippen LogP contribution in [0.5, 0.6) is 0 Å². The van der Waals surface area contributed by atoms with E-state index < -0.39 is 0 Å². The third kappa shape index (κ3) is 2.45. The van der Waals surface area contributed by atoms with E-state index in [1.807, 2.05) is 18.7 Å². The molecule has 1 aromatic rings. The Morgan fingerprint density at radius 3 is 2.26 bits per heavy atom. The Hall–Kier alpha value is -1.18. The fourth-order valence-electron chi connectivity index (χ4n) is 2.67. The SMILES string of the molecule is COC1CN(c2c(C(N)=S)c(C)nn2C)CC1OC. The molecule has 19 heavy (non-hydrogen) atoms. The second kappa shape index (κ2) is 5.44. The van der Waals surface area contributed by atoms with E-state index in [1.165, 1.54) is 0 Å². The minimum Gasteiger partial charge on any atom is -0.389 e. The van der Waals surface area contributed by atoms with Crippen LogP contribution in [0.15, 0.2) is 0 Å². The van der Waals surface area contributed by atoms with E-state index in [4.69, 9.17) is 27.4 Å². The molecule has 6 nitrogen and oxygen atoms in total. The summed E-state index contributed by atoms with van der Waals surface area (Å²) in [7, 11) is 5.29. The van der Waals surface area contributed by atoms with Crippen LogP contribution in [0.4, 0.5) is 5.82 Å². The summed E-state index contributed by atoms with van der Waals surface area (Å²) in [6, 6.07) is 0. The van der Waals surface area contributed by atoms with Gasteiger partial charge in [-0.2, -0.15) is 5.10 Å². The van der Waals surface area contributed by atoms with Crippen LogP contribution in [0.1, 0.15) is 11.3 Å². The van der Waals surface area contributed by atoms with E-state index in [0.717, 1.165) is 30.2 Å². The summed E-state index contributed by atoms with van der Waals surface area (Å²) in [5.74, 6) is 0.937. The van der Waals surface area contributed by atoms with Crippen LogP contribution in [0.25, 0.3) is 0 Å². The normalized spacial score (nSPS) is 23.1. The van der Waals surface area contributed by atoms with Gasteiger partial charge in [0.25, 0.3) is 0 Å². The fourth-order valence-corrected chi connectivity index (χ4v) is 2.91. The summed E-state index contributed by atoms with van der Waals surface area (Å²) in [5, 5.41) is 4.40. The Kier molecular flexibility index (Phi) is 4.07. The third-order valence-electron chi connectivity index (χ3n) is 3.56. The second-order valence-corrected chi connectivity index (χ2v) is 5.16. The van der Waals surface area contributed by atoms with Gasteiger partial charge in [-0.25, -0.2) is 0 Å². The van der Waals surface area contributed by atoms with Gasteiger partial charge in [-0.05, 0) is 6.92 Å². The van der Waals surface area contributed by atoms with Crippen molar-refractivity contribution >= 4 is 23.0 Å². The van der Waals surface area contributed by atoms with Crippen LogP contribution in [-0.4, -0.2) is 54.3 Å². The van der Waals surface area contributed by atoms with Crippen LogP contribution in [-0.2, 0) is 16.5 Å². The molecule has 2 atom stereocenters. The number of hydrogen-bond acceptors (Lipinski definition) is 5. The van der Waals surface area contributed by atoms with Crippen LogP contribution in [0.3, 0.4) is 0 Å². The zero-order valence-corrected chi connectivity index (χ0v) is 12.5. The van der Waals surface area contributed by atoms with Gasteiger partial charge in [0.1, 0.15) is 23.0 Å². The van der Waals surface area contributed by atoms with Crippen molar-refractivity contribution < 1.29 is 9.47 Å². The summed E-state index contributed by atoms with van der Waals surface area (Å²) in [4.78, 5) is 2.53. The molecular formula is C12H20N4O2S. The lowest BCUT2D eigenvalue weighted by Crippen LogP contribution is -2.27. The number of rotatable bonds is 4. The maximum Gasteiger partial charge on any atom is 0.137 e. The van der Waals surface area contributed by atoms with Crippen LogP contribution in [0.2, 0.25) is 0 Å². The molecule has 1 aromatic heterocycles. The lowest BCUT2D eigenvalue weighted by molar-refractivity contribution is -0.00461. The summed E-state index contributed by atoms with van der Waals surface area (Å²) >= 11 is 5.14. The molecule has 0 saturated carbocycles. The summed E-state index contributed by atoms with van der Waals surface area (Å²) in [6.45, 7) is 3.39. The van der Waals surface area contributed by atoms with Crippen molar-refractivity contribution in [1.29, 1.82) is 0 Å². The molecule has 7 heteroatoms. The van der Waals surface area contributed by atoms with Gasteiger partial charge in [0.05, 0.1) is 11.3 Å². The van der Waals surface area contributed by atoms with Crippen LogP contribution in [0, 0.1) is 6.92 Å². The molecule has 1 saturated heterocycles. The number of methoxy groups -OCH3 is 2. The number of ether oxygens (including phenoxy) is 2. The van der Waals surface area contributed by atoms with Crippen molar-refractivity contribution in [3.05, 3.63) is 11.3 Å². The molecule has 0 aromatic carbocycles. The number of aryl methyl sites for hydroxylation is 2. The van der Waals surface area contributed by atoms with Gasteiger partial charge in [-0.3, -0.25) is 4.68 Å². The summed E-state index contributed by atoms with van der Waals surface area (Å²) in [6.07, 6.45) is 0.0822. The van der Waals surface area contributed by atoms with E-state index in [2.05, 4.69) is 10.00 Å². The Bertz CT molecular complexity index is 476. The van der Waals surface area contributed by atoms with Crippen molar-refractivity contribution in [3.8, 4) is 0 Å². The number of aromatic nitrogens is 2. The monoisotopic (exact) mass is 284 g/mol. The Morgan fingerprint density at radius 1 is 1.32 bits per heavy atom.